The monoisotopic (exact) mass is 425 g/mol. The van der Waals surface area contributed by atoms with Crippen LogP contribution in [0, 0.1) is 21.4 Å². The Balaban J connectivity index is 1.86. The number of esters is 2. The van der Waals surface area contributed by atoms with Crippen molar-refractivity contribution < 1.29 is 24.0 Å². The Hall–Kier alpha value is -3.84. The third-order valence-corrected chi connectivity index (χ3v) is 5.04. The van der Waals surface area contributed by atoms with Crippen molar-refractivity contribution in [3.05, 3.63) is 69.9 Å². The summed E-state index contributed by atoms with van der Waals surface area (Å²) in [6.07, 6.45) is 1.19. The first-order valence-corrected chi connectivity index (χ1v) is 9.40. The third-order valence-electron chi connectivity index (χ3n) is 3.89. The minimum absolute atomic E-state index is 0.157. The highest BCUT2D eigenvalue weighted by molar-refractivity contribution is 7.99. The number of hydrogen-bond acceptors (Lipinski definition) is 9. The number of nitro groups is 1. The molecule has 0 aromatic heterocycles. The van der Waals surface area contributed by atoms with Crippen LogP contribution in [0.15, 0.2) is 64.0 Å². The number of para-hydroxylation sites is 1. The van der Waals surface area contributed by atoms with Gasteiger partial charge in [0.1, 0.15) is 6.07 Å². The minimum atomic E-state index is -1.33. The second kappa shape index (κ2) is 8.26. The van der Waals surface area contributed by atoms with Gasteiger partial charge in [0.15, 0.2) is 5.57 Å². The first-order valence-electron chi connectivity index (χ1n) is 8.59. The van der Waals surface area contributed by atoms with Gasteiger partial charge in [-0.1, -0.05) is 23.9 Å². The average Bonchev–Trinajstić information content (AvgIpc) is 2.67. The maximum atomic E-state index is 12.1. The summed E-state index contributed by atoms with van der Waals surface area (Å²) in [5.41, 5.74) is 0.234. The van der Waals surface area contributed by atoms with Gasteiger partial charge in [-0.2, -0.15) is 5.26 Å². The summed E-state index contributed by atoms with van der Waals surface area (Å²) < 4.78 is 10.1. The van der Waals surface area contributed by atoms with E-state index in [1.54, 1.807) is 24.3 Å². The molecule has 0 saturated carbocycles. The summed E-state index contributed by atoms with van der Waals surface area (Å²) in [7, 11) is 0. The highest BCUT2D eigenvalue weighted by Gasteiger charge is 2.39. The molecule has 0 aliphatic carbocycles. The number of non-ortho nitro benzene ring substituents is 1. The van der Waals surface area contributed by atoms with E-state index in [0.717, 1.165) is 0 Å². The summed E-state index contributed by atoms with van der Waals surface area (Å²) in [6.45, 7) is 2.91. The van der Waals surface area contributed by atoms with Gasteiger partial charge in [-0.15, -0.1) is 0 Å². The first-order chi connectivity index (χ1) is 14.2. The molecule has 0 spiro atoms. The fraction of sp³-hybridized carbons (Fsp3) is 0.150. The van der Waals surface area contributed by atoms with Gasteiger partial charge in [0.05, 0.1) is 16.2 Å². The standard InChI is InChI=1S/C20H15N3O6S/c1-20(2)28-18(24)14(19(25)29-20)11-22-15-5-3-4-6-17(15)30-16-8-7-13(23(26)27)9-12(16)10-21/h3-9,11,22H,1-2H3. The second-order valence-electron chi connectivity index (χ2n) is 6.53. The van der Waals surface area contributed by atoms with Crippen LogP contribution < -0.4 is 5.32 Å². The molecule has 152 valence electrons. The molecule has 1 N–H and O–H groups in total. The van der Waals surface area contributed by atoms with Gasteiger partial charge in [-0.05, 0) is 18.2 Å². The second-order valence-corrected chi connectivity index (χ2v) is 7.61. The van der Waals surface area contributed by atoms with Crippen molar-refractivity contribution in [1.82, 2.24) is 0 Å². The van der Waals surface area contributed by atoms with Crippen molar-refractivity contribution in [2.24, 2.45) is 0 Å². The molecule has 1 aliphatic rings. The van der Waals surface area contributed by atoms with Crippen molar-refractivity contribution in [1.29, 1.82) is 5.26 Å². The van der Waals surface area contributed by atoms with Crippen LogP contribution in [-0.4, -0.2) is 22.6 Å². The summed E-state index contributed by atoms with van der Waals surface area (Å²) in [4.78, 5) is 35.7. The van der Waals surface area contributed by atoms with Crippen LogP contribution in [0.2, 0.25) is 0 Å². The normalized spacial score (nSPS) is 14.9. The van der Waals surface area contributed by atoms with Gasteiger partial charge < -0.3 is 14.8 Å². The smallest absolute Gasteiger partial charge is 0.350 e. The van der Waals surface area contributed by atoms with Crippen molar-refractivity contribution in [3.63, 3.8) is 0 Å². The number of nitriles is 1. The molecule has 10 heteroatoms. The summed E-state index contributed by atoms with van der Waals surface area (Å²) in [5.74, 6) is -2.95. The van der Waals surface area contributed by atoms with Crippen LogP contribution in [0.4, 0.5) is 11.4 Å². The summed E-state index contributed by atoms with van der Waals surface area (Å²) in [6, 6.07) is 12.9. The average molecular weight is 425 g/mol. The Kier molecular flexibility index (Phi) is 5.75. The number of carbonyl (C=O) groups is 2. The highest BCUT2D eigenvalue weighted by atomic mass is 32.2. The number of anilines is 1. The molecule has 2 aromatic rings. The van der Waals surface area contributed by atoms with Crippen molar-refractivity contribution in [2.75, 3.05) is 5.32 Å². The number of rotatable bonds is 5. The molecule has 1 fully saturated rings. The van der Waals surface area contributed by atoms with E-state index in [9.17, 15) is 25.0 Å². The predicted molar refractivity (Wildman–Crippen MR) is 106 cm³/mol. The zero-order valence-corrected chi connectivity index (χ0v) is 16.7. The van der Waals surface area contributed by atoms with Crippen LogP contribution in [0.25, 0.3) is 0 Å². The Morgan fingerprint density at radius 1 is 1.13 bits per heavy atom. The summed E-state index contributed by atoms with van der Waals surface area (Å²) in [5, 5.41) is 23.1. The lowest BCUT2D eigenvalue weighted by Gasteiger charge is -2.29. The van der Waals surface area contributed by atoms with E-state index in [-0.39, 0.29) is 16.8 Å². The number of carbonyl (C=O) groups excluding carboxylic acids is 2. The zero-order chi connectivity index (χ0) is 21.9. The van der Waals surface area contributed by atoms with Crippen molar-refractivity contribution >= 4 is 35.1 Å². The maximum Gasteiger partial charge on any atom is 0.350 e. The molecule has 0 bridgehead atoms. The van der Waals surface area contributed by atoms with E-state index >= 15 is 0 Å². The van der Waals surface area contributed by atoms with Gasteiger partial charge in [0.2, 0.25) is 0 Å². The number of ether oxygens (including phenoxy) is 2. The molecule has 1 heterocycles. The van der Waals surface area contributed by atoms with E-state index in [0.29, 0.717) is 15.5 Å². The predicted octanol–water partition coefficient (Wildman–Crippen LogP) is 3.75. The zero-order valence-electron chi connectivity index (χ0n) is 15.9. The molecule has 0 radical (unpaired) electrons. The molecule has 1 saturated heterocycles. The Morgan fingerprint density at radius 2 is 1.80 bits per heavy atom. The number of nitrogens with one attached hydrogen (secondary N) is 1. The van der Waals surface area contributed by atoms with Gasteiger partial charge in [-0.25, -0.2) is 9.59 Å². The molecule has 30 heavy (non-hydrogen) atoms. The molecule has 9 nitrogen and oxygen atoms in total. The Morgan fingerprint density at radius 3 is 2.43 bits per heavy atom. The highest BCUT2D eigenvalue weighted by Crippen LogP contribution is 2.36. The summed E-state index contributed by atoms with van der Waals surface area (Å²) >= 11 is 1.20. The SMILES string of the molecule is CC1(C)OC(=O)C(=CNc2ccccc2Sc2ccc([N+](=O)[O-])cc2C#N)C(=O)O1. The largest absolute Gasteiger partial charge is 0.419 e. The maximum absolute atomic E-state index is 12.1. The van der Waals surface area contributed by atoms with Crippen LogP contribution >= 0.6 is 11.8 Å². The van der Waals surface area contributed by atoms with Crippen LogP contribution in [0.3, 0.4) is 0 Å². The number of cyclic esters (lactones) is 2. The fourth-order valence-corrected chi connectivity index (χ4v) is 3.50. The third kappa shape index (κ3) is 4.59. The molecular weight excluding hydrogens is 410 g/mol. The lowest BCUT2D eigenvalue weighted by Crippen LogP contribution is -2.42. The van der Waals surface area contributed by atoms with Gasteiger partial charge >= 0.3 is 11.9 Å². The van der Waals surface area contributed by atoms with Crippen molar-refractivity contribution in [2.45, 2.75) is 29.4 Å². The number of nitro benzene ring substituents is 1. The lowest BCUT2D eigenvalue weighted by molar-refractivity contribution is -0.384. The molecular formula is C20H15N3O6S. The van der Waals surface area contributed by atoms with E-state index in [2.05, 4.69) is 5.32 Å². The molecule has 0 amide bonds. The molecule has 1 aliphatic heterocycles. The van der Waals surface area contributed by atoms with Gasteiger partial charge in [0, 0.05) is 42.0 Å². The van der Waals surface area contributed by atoms with E-state index < -0.39 is 22.6 Å². The van der Waals surface area contributed by atoms with E-state index in [1.807, 2.05) is 6.07 Å². The fourth-order valence-electron chi connectivity index (χ4n) is 2.53. The van der Waals surface area contributed by atoms with Crippen LogP contribution in [0.1, 0.15) is 19.4 Å². The Labute approximate surface area is 175 Å². The van der Waals surface area contributed by atoms with Crippen LogP contribution in [0.5, 0.6) is 0 Å². The van der Waals surface area contributed by atoms with Gasteiger partial charge in [-0.3, -0.25) is 10.1 Å². The van der Waals surface area contributed by atoms with Crippen LogP contribution in [-0.2, 0) is 19.1 Å². The van der Waals surface area contributed by atoms with E-state index in [4.69, 9.17) is 9.47 Å². The Bertz CT molecular complexity index is 1100. The minimum Gasteiger partial charge on any atom is -0.419 e. The number of benzene rings is 2. The lowest BCUT2D eigenvalue weighted by atomic mass is 10.2. The molecule has 0 unspecified atom stereocenters. The topological polar surface area (TPSA) is 132 Å². The molecule has 0 atom stereocenters. The quantitative estimate of drug-likeness (QED) is 0.250. The van der Waals surface area contributed by atoms with E-state index in [1.165, 1.54) is 50.0 Å². The van der Waals surface area contributed by atoms with Crippen molar-refractivity contribution in [3.8, 4) is 6.07 Å². The first kappa shape index (κ1) is 20.9. The number of nitrogens with zero attached hydrogens (tertiary/aromatic N) is 2. The number of hydrogen-bond donors (Lipinski definition) is 1. The molecule has 2 aromatic carbocycles. The molecule has 3 rings (SSSR count). The van der Waals surface area contributed by atoms with Gasteiger partial charge in [0.25, 0.3) is 11.5 Å².